The molecule has 10 heteroatoms. The third-order valence-corrected chi connectivity index (χ3v) is 8.98. The maximum atomic E-state index is 16.5. The van der Waals surface area contributed by atoms with E-state index in [2.05, 4.69) is 40.4 Å². The van der Waals surface area contributed by atoms with Crippen LogP contribution in [-0.4, -0.2) is 89.1 Å². The zero-order valence-electron chi connectivity index (χ0n) is 22.4. The van der Waals surface area contributed by atoms with Gasteiger partial charge in [0.25, 0.3) is 0 Å². The number of hydrogen-bond donors (Lipinski definition) is 0. The van der Waals surface area contributed by atoms with E-state index in [1.165, 1.54) is 6.08 Å². The number of pyridine rings is 1. The van der Waals surface area contributed by atoms with Gasteiger partial charge in [0.1, 0.15) is 17.0 Å². The fraction of sp³-hybridized carbons (Fsp3) is 0.333. The number of halogens is 2. The van der Waals surface area contributed by atoms with Crippen LogP contribution in [0.5, 0.6) is 0 Å². The van der Waals surface area contributed by atoms with Gasteiger partial charge < -0.3 is 19.6 Å². The van der Waals surface area contributed by atoms with Crippen molar-refractivity contribution in [1.82, 2.24) is 24.8 Å². The van der Waals surface area contributed by atoms with Gasteiger partial charge >= 0.3 is 0 Å². The zero-order chi connectivity index (χ0) is 27.7. The van der Waals surface area contributed by atoms with E-state index in [4.69, 9.17) is 21.6 Å². The average molecular weight is 558 g/mol. The first-order valence-electron chi connectivity index (χ1n) is 13.5. The molecule has 0 spiro atoms. The lowest BCUT2D eigenvalue weighted by molar-refractivity contribution is -0.127. The van der Waals surface area contributed by atoms with Gasteiger partial charge in [-0.1, -0.05) is 48.5 Å². The Kier molecular flexibility index (Phi) is 5.90. The van der Waals surface area contributed by atoms with Crippen molar-refractivity contribution in [2.75, 3.05) is 50.1 Å². The van der Waals surface area contributed by atoms with Crippen molar-refractivity contribution in [3.05, 3.63) is 66.1 Å². The highest BCUT2D eigenvalue weighted by atomic mass is 35.5. The predicted molar refractivity (Wildman–Crippen MR) is 156 cm³/mol. The highest BCUT2D eigenvalue weighted by Crippen LogP contribution is 2.42. The Bertz CT molecular complexity index is 1680. The third-order valence-electron chi connectivity index (χ3n) is 8.66. The molecule has 3 saturated heterocycles. The van der Waals surface area contributed by atoms with Crippen LogP contribution in [0.25, 0.3) is 32.9 Å². The topological polar surface area (TPSA) is 68.7 Å². The second kappa shape index (κ2) is 9.38. The number of nitrogens with zero attached hydrogens (tertiary/aromatic N) is 7. The molecule has 0 bridgehead atoms. The molecule has 0 N–H and O–H groups in total. The summed E-state index contributed by atoms with van der Waals surface area (Å²) < 4.78 is 16.5. The van der Waals surface area contributed by atoms with Crippen LogP contribution < -0.4 is 9.80 Å². The number of anilines is 2. The lowest BCUT2D eigenvalue weighted by Crippen LogP contribution is -2.63. The lowest BCUT2D eigenvalue weighted by atomic mass is 9.96. The van der Waals surface area contributed by atoms with Gasteiger partial charge in [0.05, 0.1) is 17.5 Å². The number of likely N-dealkylation sites (N-methyl/N-ethyl adjacent to an activating group) is 1. The smallest absolute Gasteiger partial charge is 0.246 e. The molecule has 2 aromatic heterocycles. The second-order valence-corrected chi connectivity index (χ2v) is 11.4. The minimum atomic E-state index is -0.494. The molecule has 1 amide bonds. The molecule has 0 saturated carbocycles. The van der Waals surface area contributed by atoms with Gasteiger partial charge in [0.2, 0.25) is 11.9 Å². The molecule has 0 radical (unpaired) electrons. The molecule has 8 nitrogen and oxygen atoms in total. The molecule has 7 rings (SSSR count). The van der Waals surface area contributed by atoms with Crippen molar-refractivity contribution in [1.29, 1.82) is 0 Å². The number of carbonyl (C=O) groups is 1. The van der Waals surface area contributed by atoms with Crippen LogP contribution >= 0.6 is 11.6 Å². The molecule has 4 aromatic rings. The summed E-state index contributed by atoms with van der Waals surface area (Å²) in [6.07, 6.45) is 3.87. The predicted octanol–water partition coefficient (Wildman–Crippen LogP) is 4.36. The molecule has 40 heavy (non-hydrogen) atoms. The zero-order valence-corrected chi connectivity index (χ0v) is 23.1. The van der Waals surface area contributed by atoms with Crippen LogP contribution in [0.15, 0.2) is 55.3 Å². The monoisotopic (exact) mass is 557 g/mol. The summed E-state index contributed by atoms with van der Waals surface area (Å²) in [6.45, 7) is 6.47. The lowest BCUT2D eigenvalue weighted by Gasteiger charge is -2.48. The van der Waals surface area contributed by atoms with E-state index in [0.29, 0.717) is 46.9 Å². The molecule has 2 atom stereocenters. The van der Waals surface area contributed by atoms with Crippen LogP contribution in [0.3, 0.4) is 0 Å². The minimum absolute atomic E-state index is 0.0539. The van der Waals surface area contributed by atoms with Crippen LogP contribution in [0.4, 0.5) is 16.2 Å². The number of hydrogen-bond acceptors (Lipinski definition) is 7. The normalized spacial score (nSPS) is 20.7. The Labute approximate surface area is 236 Å². The Morgan fingerprint density at radius 1 is 1.12 bits per heavy atom. The number of amides is 1. The molecule has 3 fully saturated rings. The molecule has 2 aromatic carbocycles. The minimum Gasteiger partial charge on any atom is -0.349 e. The van der Waals surface area contributed by atoms with E-state index in [1.807, 2.05) is 35.2 Å². The summed E-state index contributed by atoms with van der Waals surface area (Å²) in [4.78, 5) is 35.0. The van der Waals surface area contributed by atoms with Crippen molar-refractivity contribution >= 4 is 50.9 Å². The first kappa shape index (κ1) is 25.2. The molecule has 5 heterocycles. The fourth-order valence-electron chi connectivity index (χ4n) is 6.27. The first-order chi connectivity index (χ1) is 19.4. The highest BCUT2D eigenvalue weighted by Gasteiger charge is 2.49. The van der Waals surface area contributed by atoms with Crippen LogP contribution in [0.1, 0.15) is 6.42 Å². The van der Waals surface area contributed by atoms with Crippen LogP contribution in [0.2, 0.25) is 5.02 Å². The Morgan fingerprint density at radius 3 is 2.65 bits per heavy atom. The molecular weight excluding hydrogens is 529 g/mol. The Hall–Kier alpha value is -3.82. The molecule has 204 valence electrons. The summed E-state index contributed by atoms with van der Waals surface area (Å²) in [5, 5.41) is 2.78. The summed E-state index contributed by atoms with van der Waals surface area (Å²) >= 11 is 6.58. The van der Waals surface area contributed by atoms with E-state index < -0.39 is 5.82 Å². The number of likely N-dealkylation sites (tertiary alicyclic amines) is 1. The van der Waals surface area contributed by atoms with Gasteiger partial charge in [0.15, 0.2) is 5.82 Å². The molecule has 3 aliphatic heterocycles. The Morgan fingerprint density at radius 2 is 1.90 bits per heavy atom. The van der Waals surface area contributed by atoms with E-state index in [-0.39, 0.29) is 29.2 Å². The maximum absolute atomic E-state index is 16.5. The molecule has 3 aliphatic rings. The number of benzene rings is 2. The van der Waals surface area contributed by atoms with Gasteiger partial charge in [0, 0.05) is 54.4 Å². The van der Waals surface area contributed by atoms with Gasteiger partial charge in [-0.3, -0.25) is 9.78 Å². The summed E-state index contributed by atoms with van der Waals surface area (Å²) in [5.74, 6) is 0.623. The standard InChI is InChI=1S/C30H29ClFN7O/c1-4-24(40)38-12-11-22-23(38)16-39(22)29-20-13-33-27(19-9-5-7-17-8-6-10-21(31)25(17)19)26(32)28(20)34-30(35-29)37-14-18(15-37)36(2)3/h4-10,13,18,22-23H,1,11-12,14-16H2,2-3H3/t22-,23-/m1/s1. The van der Waals surface area contributed by atoms with Crippen molar-refractivity contribution < 1.29 is 9.18 Å². The number of fused-ring (bicyclic) bond motifs is 3. The maximum Gasteiger partial charge on any atom is 0.246 e. The largest absolute Gasteiger partial charge is 0.349 e. The third kappa shape index (κ3) is 3.75. The number of rotatable bonds is 5. The highest BCUT2D eigenvalue weighted by molar-refractivity contribution is 6.36. The Balaban J connectivity index is 1.35. The van der Waals surface area contributed by atoms with Crippen LogP contribution in [0, 0.1) is 5.82 Å². The summed E-state index contributed by atoms with van der Waals surface area (Å²) in [5.41, 5.74) is 1.07. The first-order valence-corrected chi connectivity index (χ1v) is 13.9. The fourth-order valence-corrected chi connectivity index (χ4v) is 6.55. The number of aromatic nitrogens is 3. The van der Waals surface area contributed by atoms with E-state index >= 15 is 4.39 Å². The average Bonchev–Trinajstić information content (AvgIpc) is 3.23. The van der Waals surface area contributed by atoms with Gasteiger partial charge in [-0.05, 0) is 38.0 Å². The SMILES string of the molecule is C=CC(=O)N1CC[C@@H]2[C@H]1CN2c1nc(N2CC(N(C)C)C2)nc2c(F)c(-c3cccc4cccc(Cl)c34)ncc12. The summed E-state index contributed by atoms with van der Waals surface area (Å²) in [6, 6.07) is 11.9. The molecular formula is C30H29ClFN7O. The van der Waals surface area contributed by atoms with Crippen molar-refractivity contribution in [2.45, 2.75) is 24.5 Å². The second-order valence-electron chi connectivity index (χ2n) is 11.0. The van der Waals surface area contributed by atoms with Crippen molar-refractivity contribution in [3.8, 4) is 11.3 Å². The summed E-state index contributed by atoms with van der Waals surface area (Å²) in [7, 11) is 4.11. The van der Waals surface area contributed by atoms with Gasteiger partial charge in [-0.2, -0.15) is 4.98 Å². The number of carbonyl (C=O) groups excluding carboxylic acids is 1. The molecule has 0 aliphatic carbocycles. The van der Waals surface area contributed by atoms with Crippen LogP contribution in [-0.2, 0) is 4.79 Å². The molecule has 0 unspecified atom stereocenters. The van der Waals surface area contributed by atoms with Crippen molar-refractivity contribution in [2.24, 2.45) is 0 Å². The van der Waals surface area contributed by atoms with Gasteiger partial charge in [-0.25, -0.2) is 9.37 Å². The van der Waals surface area contributed by atoms with E-state index in [0.717, 1.165) is 30.3 Å². The van der Waals surface area contributed by atoms with E-state index in [1.54, 1.807) is 12.3 Å². The van der Waals surface area contributed by atoms with E-state index in [9.17, 15) is 4.79 Å². The quantitative estimate of drug-likeness (QED) is 0.338. The van der Waals surface area contributed by atoms with Crippen molar-refractivity contribution in [3.63, 3.8) is 0 Å². The van der Waals surface area contributed by atoms with Gasteiger partial charge in [-0.15, -0.1) is 0 Å².